The van der Waals surface area contributed by atoms with Crippen LogP contribution in [0.25, 0.3) is 0 Å². The average molecular weight is 297 g/mol. The van der Waals surface area contributed by atoms with Crippen molar-refractivity contribution in [1.82, 2.24) is 4.90 Å². The molecule has 2 aliphatic carbocycles. The minimum absolute atomic E-state index is 0.198. The molecule has 22 heavy (non-hydrogen) atoms. The number of hydrogen-bond acceptors (Lipinski definition) is 2. The van der Waals surface area contributed by atoms with Gasteiger partial charge < -0.3 is 10.0 Å². The normalized spacial score (nSPS) is 30.0. The summed E-state index contributed by atoms with van der Waals surface area (Å²) in [5.41, 5.74) is 1.74. The number of aliphatic hydroxyl groups is 1. The minimum Gasteiger partial charge on any atom is -0.385 e. The first-order chi connectivity index (χ1) is 10.6. The Bertz CT molecular complexity index is 575. The summed E-state index contributed by atoms with van der Waals surface area (Å²) < 4.78 is 0. The van der Waals surface area contributed by atoms with E-state index in [1.807, 2.05) is 0 Å². The monoisotopic (exact) mass is 297 g/mol. The summed E-state index contributed by atoms with van der Waals surface area (Å²) in [5, 5.41) is 11.7. The molecule has 3 atom stereocenters. The molecule has 0 bridgehead atoms. The van der Waals surface area contributed by atoms with Gasteiger partial charge in [0.2, 0.25) is 0 Å². The number of aryl methyl sites for hydroxylation is 1. The molecule has 1 N–H and O–H groups in total. The van der Waals surface area contributed by atoms with Gasteiger partial charge in [-0.15, -0.1) is 0 Å². The van der Waals surface area contributed by atoms with Gasteiger partial charge in [0.1, 0.15) is 0 Å². The molecule has 2 heteroatoms. The zero-order valence-corrected chi connectivity index (χ0v) is 13.7. The van der Waals surface area contributed by atoms with Gasteiger partial charge in [-0.2, -0.15) is 0 Å². The summed E-state index contributed by atoms with van der Waals surface area (Å²) in [7, 11) is 4.19. The molecule has 0 aliphatic heterocycles. The zero-order chi connectivity index (χ0) is 15.6. The topological polar surface area (TPSA) is 23.5 Å². The highest BCUT2D eigenvalue weighted by atomic mass is 16.3. The van der Waals surface area contributed by atoms with E-state index in [0.29, 0.717) is 5.92 Å². The fraction of sp³-hybridized carbons (Fsp3) is 0.500. The molecule has 0 amide bonds. The van der Waals surface area contributed by atoms with Crippen LogP contribution >= 0.6 is 0 Å². The predicted octanol–water partition coefficient (Wildman–Crippen LogP) is 3.52. The van der Waals surface area contributed by atoms with Crippen molar-refractivity contribution in [3.63, 3.8) is 0 Å². The summed E-state index contributed by atoms with van der Waals surface area (Å²) in [6, 6.07) is 8.49. The predicted molar refractivity (Wildman–Crippen MR) is 91.7 cm³/mol. The fourth-order valence-corrected chi connectivity index (χ4v) is 4.07. The Balaban J connectivity index is 1.96. The first-order valence-electron chi connectivity index (χ1n) is 8.42. The van der Waals surface area contributed by atoms with Crippen LogP contribution < -0.4 is 0 Å². The Morgan fingerprint density at radius 3 is 2.77 bits per heavy atom. The van der Waals surface area contributed by atoms with E-state index in [4.69, 9.17) is 0 Å². The van der Waals surface area contributed by atoms with Crippen molar-refractivity contribution in [2.45, 2.75) is 31.3 Å². The lowest BCUT2D eigenvalue weighted by atomic mass is 9.71. The number of benzene rings is 1. The lowest BCUT2D eigenvalue weighted by Crippen LogP contribution is -2.38. The number of rotatable bonds is 4. The van der Waals surface area contributed by atoms with E-state index in [1.165, 1.54) is 5.56 Å². The third-order valence-electron chi connectivity index (χ3n) is 5.19. The van der Waals surface area contributed by atoms with E-state index in [1.54, 1.807) is 0 Å². The van der Waals surface area contributed by atoms with Crippen LogP contribution in [0.5, 0.6) is 0 Å². The van der Waals surface area contributed by atoms with Crippen molar-refractivity contribution < 1.29 is 5.11 Å². The van der Waals surface area contributed by atoms with E-state index < -0.39 is 5.60 Å². The van der Waals surface area contributed by atoms with Crippen LogP contribution in [0.15, 0.2) is 48.6 Å². The summed E-state index contributed by atoms with van der Waals surface area (Å²) in [4.78, 5) is 2.19. The van der Waals surface area contributed by atoms with Crippen LogP contribution in [-0.2, 0) is 12.0 Å². The molecule has 1 aromatic rings. The van der Waals surface area contributed by atoms with E-state index in [0.717, 1.165) is 37.8 Å². The first-order valence-corrected chi connectivity index (χ1v) is 8.42. The SMILES string of the molecule is CN(C)CCCC1(O)c2ccccc2CCC2C=CC=CC21. The van der Waals surface area contributed by atoms with Crippen molar-refractivity contribution in [2.75, 3.05) is 20.6 Å². The van der Waals surface area contributed by atoms with Gasteiger partial charge in [0.15, 0.2) is 0 Å². The van der Waals surface area contributed by atoms with Crippen molar-refractivity contribution in [2.24, 2.45) is 11.8 Å². The maximum atomic E-state index is 11.7. The van der Waals surface area contributed by atoms with Crippen LogP contribution in [0.1, 0.15) is 30.4 Å². The Kier molecular flexibility index (Phi) is 4.51. The highest BCUT2D eigenvalue weighted by Gasteiger charge is 2.43. The Hall–Kier alpha value is -1.38. The zero-order valence-electron chi connectivity index (χ0n) is 13.7. The molecule has 0 fully saturated rings. The van der Waals surface area contributed by atoms with Gasteiger partial charge in [0, 0.05) is 5.92 Å². The Morgan fingerprint density at radius 2 is 1.95 bits per heavy atom. The fourth-order valence-electron chi connectivity index (χ4n) is 4.07. The standard InChI is InChI=1S/C20H27NO/c1-21(2)15-7-14-20(22)18-10-5-3-8-16(18)12-13-17-9-4-6-11-19(17)20/h3-6,8-11,16,18,22H,7,12-15H2,1-2H3. The van der Waals surface area contributed by atoms with Crippen molar-refractivity contribution in [3.8, 4) is 0 Å². The number of allylic oxidation sites excluding steroid dienone is 3. The number of nitrogens with zero attached hydrogens (tertiary/aromatic N) is 1. The summed E-state index contributed by atoms with van der Waals surface area (Å²) in [5.74, 6) is 0.644. The van der Waals surface area contributed by atoms with Crippen LogP contribution in [0.4, 0.5) is 0 Å². The molecule has 2 aliphatic rings. The van der Waals surface area contributed by atoms with Gasteiger partial charge in [0.05, 0.1) is 5.60 Å². The van der Waals surface area contributed by atoms with Gasteiger partial charge in [-0.25, -0.2) is 0 Å². The highest BCUT2D eigenvalue weighted by Crippen LogP contribution is 2.46. The van der Waals surface area contributed by atoms with E-state index in [9.17, 15) is 5.11 Å². The van der Waals surface area contributed by atoms with Gasteiger partial charge in [0.25, 0.3) is 0 Å². The van der Waals surface area contributed by atoms with Gasteiger partial charge in [-0.05, 0) is 63.4 Å². The Morgan fingerprint density at radius 1 is 1.18 bits per heavy atom. The van der Waals surface area contributed by atoms with Gasteiger partial charge in [-0.3, -0.25) is 0 Å². The first kappa shape index (κ1) is 15.5. The third-order valence-corrected chi connectivity index (χ3v) is 5.19. The molecule has 2 nitrogen and oxygen atoms in total. The second kappa shape index (κ2) is 6.39. The van der Waals surface area contributed by atoms with E-state index in [-0.39, 0.29) is 5.92 Å². The summed E-state index contributed by atoms with van der Waals surface area (Å²) >= 11 is 0. The summed E-state index contributed by atoms with van der Waals surface area (Å²) in [6.07, 6.45) is 12.8. The van der Waals surface area contributed by atoms with Crippen LogP contribution in [0.3, 0.4) is 0 Å². The molecular formula is C20H27NO. The molecule has 0 saturated heterocycles. The molecular weight excluding hydrogens is 270 g/mol. The van der Waals surface area contributed by atoms with Crippen LogP contribution in [0, 0.1) is 11.8 Å². The number of fused-ring (bicyclic) bond motifs is 2. The molecule has 118 valence electrons. The molecule has 0 radical (unpaired) electrons. The second-order valence-corrected chi connectivity index (χ2v) is 6.99. The maximum absolute atomic E-state index is 11.7. The largest absolute Gasteiger partial charge is 0.385 e. The molecule has 0 heterocycles. The third kappa shape index (κ3) is 2.90. The summed E-state index contributed by atoms with van der Waals surface area (Å²) in [6.45, 7) is 1.02. The molecule has 3 rings (SSSR count). The van der Waals surface area contributed by atoms with Crippen molar-refractivity contribution >= 4 is 0 Å². The molecule has 0 spiro atoms. The quantitative estimate of drug-likeness (QED) is 0.919. The number of hydrogen-bond donors (Lipinski definition) is 1. The molecule has 0 saturated carbocycles. The van der Waals surface area contributed by atoms with Crippen molar-refractivity contribution in [1.29, 1.82) is 0 Å². The smallest absolute Gasteiger partial charge is 0.0967 e. The highest BCUT2D eigenvalue weighted by molar-refractivity contribution is 5.37. The van der Waals surface area contributed by atoms with Crippen LogP contribution in [0.2, 0.25) is 0 Å². The molecule has 0 aromatic heterocycles. The van der Waals surface area contributed by atoms with Crippen LogP contribution in [-0.4, -0.2) is 30.6 Å². The van der Waals surface area contributed by atoms with Crippen molar-refractivity contribution in [3.05, 3.63) is 59.7 Å². The lowest BCUT2D eigenvalue weighted by molar-refractivity contribution is -0.0298. The Labute approximate surface area is 134 Å². The lowest BCUT2D eigenvalue weighted by Gasteiger charge is -2.39. The maximum Gasteiger partial charge on any atom is 0.0967 e. The second-order valence-electron chi connectivity index (χ2n) is 6.99. The molecule has 3 unspecified atom stereocenters. The van der Waals surface area contributed by atoms with Gasteiger partial charge >= 0.3 is 0 Å². The minimum atomic E-state index is -0.741. The average Bonchev–Trinajstić information content (AvgIpc) is 2.64. The van der Waals surface area contributed by atoms with E-state index in [2.05, 4.69) is 67.6 Å². The van der Waals surface area contributed by atoms with Gasteiger partial charge in [-0.1, -0.05) is 48.6 Å². The molecule has 1 aromatic carbocycles. The van der Waals surface area contributed by atoms with E-state index >= 15 is 0 Å².